The van der Waals surface area contributed by atoms with Gasteiger partial charge in [0, 0.05) is 10.9 Å². The van der Waals surface area contributed by atoms with Gasteiger partial charge in [-0.15, -0.1) is 11.3 Å². The SMILES string of the molecule is CC(C(=O)OCc1ccccc1)n1cnc2scc(-c3ccc4c(c3)CCCC4)c2c1=O. The average molecular weight is 445 g/mol. The Bertz CT molecular complexity index is 1340. The van der Waals surface area contributed by atoms with E-state index < -0.39 is 12.0 Å². The molecule has 0 radical (unpaired) electrons. The van der Waals surface area contributed by atoms with Gasteiger partial charge in [0.15, 0.2) is 0 Å². The van der Waals surface area contributed by atoms with E-state index in [1.807, 2.05) is 35.7 Å². The predicted molar refractivity (Wildman–Crippen MR) is 127 cm³/mol. The molecule has 1 atom stereocenters. The lowest BCUT2D eigenvalue weighted by atomic mass is 9.89. The third-order valence-electron chi connectivity index (χ3n) is 6.16. The summed E-state index contributed by atoms with van der Waals surface area (Å²) in [4.78, 5) is 31.2. The summed E-state index contributed by atoms with van der Waals surface area (Å²) >= 11 is 1.46. The molecule has 0 bridgehead atoms. The fourth-order valence-corrected chi connectivity index (χ4v) is 5.20. The second-order valence-corrected chi connectivity index (χ2v) is 9.10. The largest absolute Gasteiger partial charge is 0.459 e. The first-order valence-electron chi connectivity index (χ1n) is 10.9. The first-order chi connectivity index (χ1) is 15.6. The fraction of sp³-hybridized carbons (Fsp3) is 0.269. The van der Waals surface area contributed by atoms with E-state index in [9.17, 15) is 9.59 Å². The van der Waals surface area contributed by atoms with E-state index in [2.05, 4.69) is 23.2 Å². The van der Waals surface area contributed by atoms with Crippen LogP contribution >= 0.6 is 11.3 Å². The van der Waals surface area contributed by atoms with Crippen LogP contribution < -0.4 is 5.56 Å². The van der Waals surface area contributed by atoms with Gasteiger partial charge < -0.3 is 4.74 Å². The zero-order valence-electron chi connectivity index (χ0n) is 17.9. The number of carbonyl (C=O) groups excluding carboxylic acids is 1. The molecule has 1 unspecified atom stereocenters. The summed E-state index contributed by atoms with van der Waals surface area (Å²) in [5.74, 6) is -0.456. The lowest BCUT2D eigenvalue weighted by Crippen LogP contribution is -2.29. The average Bonchev–Trinajstić information content (AvgIpc) is 3.28. The van der Waals surface area contributed by atoms with Crippen molar-refractivity contribution in [3.8, 4) is 11.1 Å². The van der Waals surface area contributed by atoms with Gasteiger partial charge in [-0.25, -0.2) is 9.78 Å². The number of ether oxygens (including phenoxy) is 1. The number of aromatic nitrogens is 2. The molecule has 6 heteroatoms. The van der Waals surface area contributed by atoms with Crippen molar-refractivity contribution in [3.05, 3.63) is 87.3 Å². The van der Waals surface area contributed by atoms with Crippen molar-refractivity contribution in [1.29, 1.82) is 0 Å². The molecule has 0 aliphatic heterocycles. The number of nitrogens with zero attached hydrogens (tertiary/aromatic N) is 2. The molecule has 5 nitrogen and oxygen atoms in total. The number of rotatable bonds is 5. The number of hydrogen-bond acceptors (Lipinski definition) is 5. The Morgan fingerprint density at radius 1 is 1.12 bits per heavy atom. The second kappa shape index (κ2) is 8.71. The molecular formula is C26H24N2O3S. The summed E-state index contributed by atoms with van der Waals surface area (Å²) < 4.78 is 6.83. The third kappa shape index (κ3) is 3.86. The van der Waals surface area contributed by atoms with Gasteiger partial charge in [-0.1, -0.05) is 48.5 Å². The van der Waals surface area contributed by atoms with Crippen molar-refractivity contribution in [3.63, 3.8) is 0 Å². The Hall–Kier alpha value is -3.25. The molecule has 1 aliphatic rings. The smallest absolute Gasteiger partial charge is 0.329 e. The van der Waals surface area contributed by atoms with E-state index in [0.717, 1.165) is 29.5 Å². The van der Waals surface area contributed by atoms with Gasteiger partial charge in [-0.05, 0) is 54.9 Å². The summed E-state index contributed by atoms with van der Waals surface area (Å²) in [5, 5.41) is 2.56. The number of benzene rings is 2. The van der Waals surface area contributed by atoms with Crippen molar-refractivity contribution in [2.45, 2.75) is 45.3 Å². The molecule has 0 spiro atoms. The first-order valence-corrected chi connectivity index (χ1v) is 11.8. The topological polar surface area (TPSA) is 61.2 Å². The van der Waals surface area contributed by atoms with E-state index in [0.29, 0.717) is 10.2 Å². The van der Waals surface area contributed by atoms with Crippen molar-refractivity contribution in [2.24, 2.45) is 0 Å². The van der Waals surface area contributed by atoms with Crippen LogP contribution in [0.1, 0.15) is 42.5 Å². The van der Waals surface area contributed by atoms with E-state index in [4.69, 9.17) is 4.74 Å². The fourth-order valence-electron chi connectivity index (χ4n) is 4.30. The van der Waals surface area contributed by atoms with E-state index >= 15 is 0 Å². The van der Waals surface area contributed by atoms with Crippen LogP contribution in [0.25, 0.3) is 21.3 Å². The van der Waals surface area contributed by atoms with Crippen LogP contribution in [0, 0.1) is 0 Å². The van der Waals surface area contributed by atoms with E-state index in [1.165, 1.54) is 46.2 Å². The normalized spacial score (nSPS) is 14.2. The van der Waals surface area contributed by atoms with Gasteiger partial charge >= 0.3 is 5.97 Å². The molecule has 4 aromatic rings. The minimum atomic E-state index is -0.764. The molecule has 0 fully saturated rings. The van der Waals surface area contributed by atoms with Crippen LogP contribution in [0.5, 0.6) is 0 Å². The highest BCUT2D eigenvalue weighted by Crippen LogP contribution is 2.33. The molecule has 2 heterocycles. The molecule has 0 saturated carbocycles. The number of fused-ring (bicyclic) bond motifs is 2. The summed E-state index contributed by atoms with van der Waals surface area (Å²) in [5.41, 5.74) is 5.39. The standard InChI is InChI=1S/C26H24N2O3S/c1-17(26(30)31-14-18-7-3-2-4-8-18)28-16-27-24-23(25(28)29)22(15-32-24)21-12-11-19-9-5-6-10-20(19)13-21/h2-4,7-8,11-13,15-17H,5-6,9-10,14H2,1H3. The summed E-state index contributed by atoms with van der Waals surface area (Å²) in [6.07, 6.45) is 6.10. The van der Waals surface area contributed by atoms with Crippen molar-refractivity contribution >= 4 is 27.5 Å². The van der Waals surface area contributed by atoms with E-state index in [-0.39, 0.29) is 12.2 Å². The Balaban J connectivity index is 1.46. The number of carbonyl (C=O) groups is 1. The summed E-state index contributed by atoms with van der Waals surface area (Å²) in [6.45, 7) is 1.85. The quantitative estimate of drug-likeness (QED) is 0.392. The van der Waals surface area contributed by atoms with Gasteiger partial charge in [-0.2, -0.15) is 0 Å². The molecule has 2 aromatic carbocycles. The van der Waals surface area contributed by atoms with E-state index in [1.54, 1.807) is 6.92 Å². The molecule has 162 valence electrons. The van der Waals surface area contributed by atoms with Crippen LogP contribution in [0.2, 0.25) is 0 Å². The van der Waals surface area contributed by atoms with Crippen LogP contribution in [0.15, 0.2) is 65.0 Å². The van der Waals surface area contributed by atoms with Gasteiger partial charge in [0.1, 0.15) is 17.5 Å². The van der Waals surface area contributed by atoms with Crippen LogP contribution in [0.3, 0.4) is 0 Å². The Kier molecular flexibility index (Phi) is 5.62. The number of esters is 1. The molecule has 0 saturated heterocycles. The van der Waals surface area contributed by atoms with Gasteiger partial charge in [-0.3, -0.25) is 9.36 Å². The highest BCUT2D eigenvalue weighted by molar-refractivity contribution is 7.17. The third-order valence-corrected chi connectivity index (χ3v) is 7.05. The Morgan fingerprint density at radius 2 is 1.91 bits per heavy atom. The van der Waals surface area contributed by atoms with Crippen molar-refractivity contribution in [2.75, 3.05) is 0 Å². The predicted octanol–water partition coefficient (Wildman–Crippen LogP) is 5.31. The molecule has 0 amide bonds. The van der Waals surface area contributed by atoms with Gasteiger partial charge in [0.2, 0.25) is 0 Å². The van der Waals surface area contributed by atoms with Crippen LogP contribution in [-0.4, -0.2) is 15.5 Å². The molecule has 1 aliphatic carbocycles. The van der Waals surface area contributed by atoms with Crippen LogP contribution in [0.4, 0.5) is 0 Å². The highest BCUT2D eigenvalue weighted by Gasteiger charge is 2.22. The highest BCUT2D eigenvalue weighted by atomic mass is 32.1. The Morgan fingerprint density at radius 3 is 2.72 bits per heavy atom. The molecule has 2 aromatic heterocycles. The summed E-state index contributed by atoms with van der Waals surface area (Å²) in [7, 11) is 0. The first kappa shape index (κ1) is 20.6. The second-order valence-electron chi connectivity index (χ2n) is 8.25. The maximum atomic E-state index is 13.4. The zero-order valence-corrected chi connectivity index (χ0v) is 18.7. The monoisotopic (exact) mass is 444 g/mol. The lowest BCUT2D eigenvalue weighted by molar-refractivity contribution is -0.148. The molecule has 32 heavy (non-hydrogen) atoms. The minimum Gasteiger partial charge on any atom is -0.459 e. The zero-order chi connectivity index (χ0) is 22.1. The lowest BCUT2D eigenvalue weighted by Gasteiger charge is -2.17. The Labute approximate surface area is 190 Å². The van der Waals surface area contributed by atoms with Gasteiger partial charge in [0.25, 0.3) is 5.56 Å². The maximum absolute atomic E-state index is 13.4. The molecule has 5 rings (SSSR count). The van der Waals surface area contributed by atoms with Crippen LogP contribution in [-0.2, 0) is 29.0 Å². The number of hydrogen-bond donors (Lipinski definition) is 0. The van der Waals surface area contributed by atoms with Crippen molar-refractivity contribution in [1.82, 2.24) is 9.55 Å². The summed E-state index contributed by atoms with van der Waals surface area (Å²) in [6, 6.07) is 15.2. The number of aryl methyl sites for hydroxylation is 2. The maximum Gasteiger partial charge on any atom is 0.329 e. The minimum absolute atomic E-state index is 0.174. The number of thiophene rings is 1. The van der Waals surface area contributed by atoms with Gasteiger partial charge in [0.05, 0.1) is 11.7 Å². The van der Waals surface area contributed by atoms with Crippen molar-refractivity contribution < 1.29 is 9.53 Å². The molecule has 0 N–H and O–H groups in total. The molecular weight excluding hydrogens is 420 g/mol.